The predicted octanol–water partition coefficient (Wildman–Crippen LogP) is 4.85. The van der Waals surface area contributed by atoms with Gasteiger partial charge in [-0.1, -0.05) is 30.4 Å². The molecule has 0 radical (unpaired) electrons. The van der Waals surface area contributed by atoms with Crippen LogP contribution in [0.4, 0.5) is 8.78 Å². The highest BCUT2D eigenvalue weighted by Gasteiger charge is 2.47. The molecule has 1 aliphatic heterocycles. The number of amides is 1. The number of likely N-dealkylation sites (tertiary alicyclic amines) is 1. The maximum absolute atomic E-state index is 13.6. The molecule has 2 aromatic rings. The number of Topliss-reactive ketones (excluding diaryl/α,β-unsaturated/α-hetero) is 1. The highest BCUT2D eigenvalue weighted by Crippen LogP contribution is 2.32. The molecule has 0 spiro atoms. The van der Waals surface area contributed by atoms with Crippen LogP contribution in [-0.2, 0) is 17.6 Å². The van der Waals surface area contributed by atoms with Crippen LogP contribution in [0.25, 0.3) is 12.2 Å². The highest BCUT2D eigenvalue weighted by atomic mass is 19.3. The number of hydrogen-bond acceptors (Lipinski definition) is 4. The van der Waals surface area contributed by atoms with E-state index in [2.05, 4.69) is 23.2 Å². The number of fused-ring (bicyclic) bond motifs is 1. The van der Waals surface area contributed by atoms with Crippen molar-refractivity contribution in [2.24, 2.45) is 0 Å². The number of aromatic nitrogens is 1. The van der Waals surface area contributed by atoms with Gasteiger partial charge in [0.2, 0.25) is 5.91 Å². The first kappa shape index (κ1) is 22.8. The minimum atomic E-state index is -3.07. The Hall–Kier alpha value is -3.40. The number of pyridine rings is 1. The second kappa shape index (κ2) is 9.62. The second-order valence-corrected chi connectivity index (χ2v) is 8.68. The molecular weight excluding hydrogens is 424 g/mol. The van der Waals surface area contributed by atoms with Gasteiger partial charge in [-0.25, -0.2) is 8.78 Å². The summed E-state index contributed by atoms with van der Waals surface area (Å²) in [7, 11) is 0. The van der Waals surface area contributed by atoms with Crippen LogP contribution < -0.4 is 0 Å². The summed E-state index contributed by atoms with van der Waals surface area (Å²) in [4.78, 5) is 30.2. The molecule has 0 N–H and O–H groups in total. The van der Waals surface area contributed by atoms with Crippen LogP contribution >= 0.6 is 0 Å². The number of nitrogens with zero attached hydrogens (tertiary/aromatic N) is 3. The number of ketones is 1. The molecule has 1 amide bonds. The second-order valence-electron chi connectivity index (χ2n) is 8.68. The van der Waals surface area contributed by atoms with E-state index in [1.54, 1.807) is 18.3 Å². The van der Waals surface area contributed by atoms with Crippen molar-refractivity contribution in [3.63, 3.8) is 0 Å². The molecule has 5 nitrogen and oxygen atoms in total. The molecule has 1 saturated heterocycles. The summed E-state index contributed by atoms with van der Waals surface area (Å²) in [5.41, 5.74) is 4.87. The van der Waals surface area contributed by atoms with Crippen LogP contribution in [0.15, 0.2) is 36.7 Å². The summed E-state index contributed by atoms with van der Waals surface area (Å²) in [6, 6.07) is 8.60. The number of benzene rings is 1. The van der Waals surface area contributed by atoms with Crippen molar-refractivity contribution in [2.45, 2.75) is 56.9 Å². The maximum atomic E-state index is 13.6. The molecule has 1 fully saturated rings. The van der Waals surface area contributed by atoms with Crippen molar-refractivity contribution in [3.05, 3.63) is 64.5 Å². The summed E-state index contributed by atoms with van der Waals surface area (Å²) in [6.07, 6.45) is 10.5. The van der Waals surface area contributed by atoms with E-state index in [1.807, 2.05) is 12.2 Å². The van der Waals surface area contributed by atoms with Gasteiger partial charge in [-0.3, -0.25) is 14.6 Å². The summed E-state index contributed by atoms with van der Waals surface area (Å²) in [5, 5.41) is 9.07. The Balaban J connectivity index is 1.43. The van der Waals surface area contributed by atoms with E-state index < -0.39 is 30.8 Å². The van der Waals surface area contributed by atoms with Crippen molar-refractivity contribution in [3.8, 4) is 6.07 Å². The Kier molecular flexibility index (Phi) is 6.64. The minimum absolute atomic E-state index is 0.122. The zero-order valence-corrected chi connectivity index (χ0v) is 18.3. The van der Waals surface area contributed by atoms with E-state index in [9.17, 15) is 18.4 Å². The molecule has 2 aliphatic rings. The van der Waals surface area contributed by atoms with Gasteiger partial charge >= 0.3 is 0 Å². The van der Waals surface area contributed by atoms with Crippen LogP contribution in [-0.4, -0.2) is 40.1 Å². The molecule has 4 rings (SSSR count). The summed E-state index contributed by atoms with van der Waals surface area (Å²) >= 11 is 0. The molecule has 1 aromatic carbocycles. The van der Waals surface area contributed by atoms with Gasteiger partial charge in [0.15, 0.2) is 5.78 Å². The summed E-state index contributed by atoms with van der Waals surface area (Å²) in [5.74, 6) is -3.94. The fourth-order valence-corrected chi connectivity index (χ4v) is 4.53. The Bertz CT molecular complexity index is 1140. The van der Waals surface area contributed by atoms with Crippen LogP contribution in [0.3, 0.4) is 0 Å². The SMILES string of the molecule is N#C[C@@H]1CC(F)(F)CN1C(=O)CCC(=O)c1ccncc1/C=C/c1ccc2c(c1)CCCC2. The van der Waals surface area contributed by atoms with Gasteiger partial charge in [-0.15, -0.1) is 0 Å². The third-order valence-corrected chi connectivity index (χ3v) is 6.29. The van der Waals surface area contributed by atoms with Gasteiger partial charge in [0.25, 0.3) is 5.92 Å². The van der Waals surface area contributed by atoms with Crippen LogP contribution in [0.2, 0.25) is 0 Å². The lowest BCUT2D eigenvalue weighted by atomic mass is 9.90. The number of nitriles is 1. The Labute approximate surface area is 191 Å². The minimum Gasteiger partial charge on any atom is -0.320 e. The largest absolute Gasteiger partial charge is 0.320 e. The highest BCUT2D eigenvalue weighted by molar-refractivity contribution is 6.01. The molecule has 7 heteroatoms. The van der Waals surface area contributed by atoms with E-state index in [0.717, 1.165) is 23.3 Å². The van der Waals surface area contributed by atoms with Crippen molar-refractivity contribution < 1.29 is 18.4 Å². The summed E-state index contributed by atoms with van der Waals surface area (Å²) in [6.45, 7) is -0.776. The number of carbonyl (C=O) groups is 2. The third-order valence-electron chi connectivity index (χ3n) is 6.29. The van der Waals surface area contributed by atoms with Crippen LogP contribution in [0.1, 0.15) is 64.7 Å². The molecule has 0 bridgehead atoms. The van der Waals surface area contributed by atoms with Gasteiger partial charge < -0.3 is 4.90 Å². The topological polar surface area (TPSA) is 74.1 Å². The average Bonchev–Trinajstić information content (AvgIpc) is 3.15. The maximum Gasteiger partial charge on any atom is 0.268 e. The average molecular weight is 450 g/mol. The number of halogens is 2. The van der Waals surface area contributed by atoms with E-state index >= 15 is 0 Å². The molecule has 170 valence electrons. The molecule has 1 aromatic heterocycles. The number of carbonyl (C=O) groups excluding carboxylic acids is 2. The predicted molar refractivity (Wildman–Crippen MR) is 120 cm³/mol. The standard InChI is InChI=1S/C26H25F2N3O2/c27-26(28)14-22(15-29)31(17-26)25(33)10-9-24(32)23-11-12-30-16-21(23)8-6-18-5-7-19-3-1-2-4-20(19)13-18/h5-8,11-13,16,22H,1-4,9-10,14,17H2/b8-6+/t22-/m0/s1. The first-order valence-electron chi connectivity index (χ1n) is 11.2. The lowest BCUT2D eigenvalue weighted by Crippen LogP contribution is -2.36. The van der Waals surface area contributed by atoms with Crippen molar-refractivity contribution in [1.82, 2.24) is 9.88 Å². The molecule has 0 unspecified atom stereocenters. The van der Waals surface area contributed by atoms with Gasteiger partial charge in [0.1, 0.15) is 6.04 Å². The van der Waals surface area contributed by atoms with E-state index in [-0.39, 0.29) is 18.6 Å². The number of hydrogen-bond donors (Lipinski definition) is 0. The Morgan fingerprint density at radius 3 is 2.73 bits per heavy atom. The lowest BCUT2D eigenvalue weighted by Gasteiger charge is -2.18. The number of alkyl halides is 2. The lowest BCUT2D eigenvalue weighted by molar-refractivity contribution is -0.132. The Morgan fingerprint density at radius 1 is 1.15 bits per heavy atom. The van der Waals surface area contributed by atoms with Gasteiger partial charge in [-0.2, -0.15) is 5.26 Å². The summed E-state index contributed by atoms with van der Waals surface area (Å²) < 4.78 is 27.2. The smallest absolute Gasteiger partial charge is 0.268 e. The van der Waals surface area contributed by atoms with Crippen molar-refractivity contribution in [2.75, 3.05) is 6.54 Å². The third kappa shape index (κ3) is 5.33. The molecule has 0 saturated carbocycles. The normalized spacial score (nSPS) is 19.3. The molecular formula is C26H25F2N3O2. The molecule has 33 heavy (non-hydrogen) atoms. The fourth-order valence-electron chi connectivity index (χ4n) is 4.53. The van der Waals surface area contributed by atoms with E-state index in [4.69, 9.17) is 5.26 Å². The first-order chi connectivity index (χ1) is 15.9. The zero-order valence-electron chi connectivity index (χ0n) is 18.3. The first-order valence-corrected chi connectivity index (χ1v) is 11.2. The van der Waals surface area contributed by atoms with Crippen LogP contribution in [0, 0.1) is 11.3 Å². The van der Waals surface area contributed by atoms with Crippen molar-refractivity contribution >= 4 is 23.8 Å². The molecule has 2 heterocycles. The molecule has 1 aliphatic carbocycles. The van der Waals surface area contributed by atoms with Crippen LogP contribution in [0.5, 0.6) is 0 Å². The quantitative estimate of drug-likeness (QED) is 0.591. The zero-order chi connectivity index (χ0) is 23.4. The van der Waals surface area contributed by atoms with E-state index in [1.165, 1.54) is 30.2 Å². The monoisotopic (exact) mass is 449 g/mol. The molecule has 1 atom stereocenters. The Morgan fingerprint density at radius 2 is 1.94 bits per heavy atom. The number of aryl methyl sites for hydroxylation is 2. The van der Waals surface area contributed by atoms with E-state index in [0.29, 0.717) is 11.1 Å². The fraction of sp³-hybridized carbons (Fsp3) is 0.385. The van der Waals surface area contributed by atoms with Gasteiger partial charge in [-0.05, 0) is 48.4 Å². The van der Waals surface area contributed by atoms with Gasteiger partial charge in [0, 0.05) is 42.8 Å². The van der Waals surface area contributed by atoms with Crippen molar-refractivity contribution in [1.29, 1.82) is 5.26 Å². The van der Waals surface area contributed by atoms with Gasteiger partial charge in [0.05, 0.1) is 12.6 Å². The number of rotatable bonds is 6.